The molecule has 1 aromatic rings. The Morgan fingerprint density at radius 1 is 1.11 bits per heavy atom. The van der Waals surface area contributed by atoms with Crippen LogP contribution in [0.25, 0.3) is 0 Å². The first-order valence-corrected chi connectivity index (χ1v) is 6.67. The third-order valence-electron chi connectivity index (χ3n) is 2.67. The number of hydrogen-bond donors (Lipinski definition) is 2. The highest BCUT2D eigenvalue weighted by Gasteiger charge is 2.14. The summed E-state index contributed by atoms with van der Waals surface area (Å²) in [6, 6.07) is 6.06. The van der Waals surface area contributed by atoms with Gasteiger partial charge in [-0.3, -0.25) is 0 Å². The second-order valence-electron chi connectivity index (χ2n) is 4.60. The topological polar surface area (TPSA) is 42.5 Å². The molecule has 0 aromatic heterocycles. The van der Waals surface area contributed by atoms with Gasteiger partial charge in [0.2, 0.25) is 0 Å². The molecular weight excluding hydrogens is 260 g/mol. The van der Waals surface area contributed by atoms with E-state index in [1.165, 1.54) is 0 Å². The normalized spacial score (nSPS) is 11.9. The summed E-state index contributed by atoms with van der Waals surface area (Å²) in [6.45, 7) is 6.13. The number of rotatable bonds is 5. The number of thiocarbonyl (C=S) groups is 1. The van der Waals surface area contributed by atoms with Gasteiger partial charge in [0.25, 0.3) is 0 Å². The van der Waals surface area contributed by atoms with Crippen LogP contribution < -0.4 is 20.1 Å². The third kappa shape index (κ3) is 4.59. The molecule has 1 rings (SSSR count). The molecule has 0 saturated carbocycles. The van der Waals surface area contributed by atoms with Crippen LogP contribution in [-0.2, 0) is 0 Å². The molecule has 0 radical (unpaired) electrons. The fraction of sp³-hybridized carbons (Fsp3) is 0.500. The van der Waals surface area contributed by atoms with Crippen LogP contribution in [0.1, 0.15) is 32.4 Å². The van der Waals surface area contributed by atoms with Crippen molar-refractivity contribution < 1.29 is 9.47 Å². The lowest BCUT2D eigenvalue weighted by Crippen LogP contribution is -2.40. The highest BCUT2D eigenvalue weighted by Crippen LogP contribution is 2.29. The zero-order chi connectivity index (χ0) is 14.4. The molecule has 1 atom stereocenters. The molecule has 0 heterocycles. The van der Waals surface area contributed by atoms with Crippen LogP contribution >= 0.6 is 12.2 Å². The van der Waals surface area contributed by atoms with Crippen LogP contribution in [0.15, 0.2) is 18.2 Å². The molecule has 0 spiro atoms. The van der Waals surface area contributed by atoms with Crippen molar-refractivity contribution in [2.24, 2.45) is 0 Å². The van der Waals surface area contributed by atoms with Crippen LogP contribution in [0.2, 0.25) is 0 Å². The minimum Gasteiger partial charge on any atom is -0.497 e. The van der Waals surface area contributed by atoms with Gasteiger partial charge in [-0.1, -0.05) is 0 Å². The summed E-state index contributed by atoms with van der Waals surface area (Å²) < 4.78 is 10.6. The van der Waals surface area contributed by atoms with Crippen molar-refractivity contribution in [1.29, 1.82) is 0 Å². The Balaban J connectivity index is 2.85. The van der Waals surface area contributed by atoms with Crippen molar-refractivity contribution in [3.05, 3.63) is 23.8 Å². The molecule has 5 heteroatoms. The van der Waals surface area contributed by atoms with Gasteiger partial charge >= 0.3 is 0 Å². The van der Waals surface area contributed by atoms with Gasteiger partial charge in [0.1, 0.15) is 11.5 Å². The summed E-state index contributed by atoms with van der Waals surface area (Å²) >= 11 is 5.25. The summed E-state index contributed by atoms with van der Waals surface area (Å²) in [5.74, 6) is 1.61. The van der Waals surface area contributed by atoms with E-state index in [1.54, 1.807) is 14.2 Å². The Labute approximate surface area is 120 Å². The zero-order valence-corrected chi connectivity index (χ0v) is 12.9. The Bertz CT molecular complexity index is 435. The van der Waals surface area contributed by atoms with Gasteiger partial charge in [0.05, 0.1) is 20.3 Å². The van der Waals surface area contributed by atoms with Gasteiger partial charge in [-0.15, -0.1) is 0 Å². The standard InChI is InChI=1S/C14H22N2O2S/c1-9(2)15-14(19)16-10(3)12-8-11(17-4)6-7-13(12)18-5/h6-10H,1-5H3,(H2,15,16,19). The van der Waals surface area contributed by atoms with Crippen molar-refractivity contribution in [1.82, 2.24) is 10.6 Å². The highest BCUT2D eigenvalue weighted by molar-refractivity contribution is 7.80. The molecule has 0 fully saturated rings. The minimum atomic E-state index is 0.0313. The molecule has 0 aliphatic heterocycles. The first kappa shape index (κ1) is 15.6. The van der Waals surface area contributed by atoms with Crippen molar-refractivity contribution in [2.45, 2.75) is 32.9 Å². The van der Waals surface area contributed by atoms with Gasteiger partial charge in [-0.25, -0.2) is 0 Å². The fourth-order valence-electron chi connectivity index (χ4n) is 1.76. The predicted octanol–water partition coefficient (Wildman–Crippen LogP) is 2.64. The van der Waals surface area contributed by atoms with Gasteiger partial charge < -0.3 is 20.1 Å². The summed E-state index contributed by atoms with van der Waals surface area (Å²) in [6.07, 6.45) is 0. The Kier molecular flexibility index (Phi) is 5.89. The number of ether oxygens (including phenoxy) is 2. The molecule has 0 aliphatic carbocycles. The average molecular weight is 282 g/mol. The smallest absolute Gasteiger partial charge is 0.166 e. The molecule has 1 unspecified atom stereocenters. The molecule has 19 heavy (non-hydrogen) atoms. The maximum absolute atomic E-state index is 5.37. The van der Waals surface area contributed by atoms with E-state index in [4.69, 9.17) is 21.7 Å². The van der Waals surface area contributed by atoms with Crippen LogP contribution in [0, 0.1) is 0 Å². The second kappa shape index (κ2) is 7.19. The fourth-order valence-corrected chi connectivity index (χ4v) is 2.17. The quantitative estimate of drug-likeness (QED) is 0.813. The van der Waals surface area contributed by atoms with Crippen LogP contribution in [-0.4, -0.2) is 25.4 Å². The van der Waals surface area contributed by atoms with Crippen molar-refractivity contribution in [2.75, 3.05) is 14.2 Å². The van der Waals surface area contributed by atoms with Gasteiger partial charge in [0, 0.05) is 11.6 Å². The van der Waals surface area contributed by atoms with Gasteiger partial charge in [-0.2, -0.15) is 0 Å². The summed E-state index contributed by atoms with van der Waals surface area (Å²) in [4.78, 5) is 0. The molecule has 106 valence electrons. The largest absolute Gasteiger partial charge is 0.497 e. The molecular formula is C14H22N2O2S. The number of benzene rings is 1. The number of hydrogen-bond acceptors (Lipinski definition) is 3. The van der Waals surface area contributed by atoms with Crippen LogP contribution in [0.4, 0.5) is 0 Å². The molecule has 0 saturated heterocycles. The summed E-state index contributed by atoms with van der Waals surface area (Å²) in [5, 5.41) is 7.03. The summed E-state index contributed by atoms with van der Waals surface area (Å²) in [5.41, 5.74) is 1.01. The first-order chi connectivity index (χ1) is 8.97. The van der Waals surface area contributed by atoms with Crippen molar-refractivity contribution in [3.63, 3.8) is 0 Å². The molecule has 0 amide bonds. The molecule has 1 aromatic carbocycles. The van der Waals surface area contributed by atoms with E-state index in [0.717, 1.165) is 17.1 Å². The molecule has 0 aliphatic rings. The monoisotopic (exact) mass is 282 g/mol. The van der Waals surface area contributed by atoms with Gasteiger partial charge in [0.15, 0.2) is 5.11 Å². The maximum atomic E-state index is 5.37. The maximum Gasteiger partial charge on any atom is 0.166 e. The highest BCUT2D eigenvalue weighted by atomic mass is 32.1. The first-order valence-electron chi connectivity index (χ1n) is 6.26. The Hall–Kier alpha value is -1.49. The molecule has 4 nitrogen and oxygen atoms in total. The van der Waals surface area contributed by atoms with Crippen molar-refractivity contribution >= 4 is 17.3 Å². The lowest BCUT2D eigenvalue weighted by Gasteiger charge is -2.21. The van der Waals surface area contributed by atoms with Crippen LogP contribution in [0.3, 0.4) is 0 Å². The van der Waals surface area contributed by atoms with Crippen LogP contribution in [0.5, 0.6) is 11.5 Å². The van der Waals surface area contributed by atoms with E-state index in [-0.39, 0.29) is 6.04 Å². The van der Waals surface area contributed by atoms with E-state index in [1.807, 2.05) is 39.0 Å². The average Bonchev–Trinajstić information content (AvgIpc) is 2.36. The number of methoxy groups -OCH3 is 2. The predicted molar refractivity (Wildman–Crippen MR) is 82.0 cm³/mol. The molecule has 0 bridgehead atoms. The lowest BCUT2D eigenvalue weighted by molar-refractivity contribution is 0.395. The lowest BCUT2D eigenvalue weighted by atomic mass is 10.1. The van der Waals surface area contributed by atoms with E-state index in [9.17, 15) is 0 Å². The Morgan fingerprint density at radius 3 is 2.32 bits per heavy atom. The zero-order valence-electron chi connectivity index (χ0n) is 12.1. The molecule has 2 N–H and O–H groups in total. The SMILES string of the molecule is COc1ccc(OC)c(C(C)NC(=S)NC(C)C)c1. The van der Waals surface area contributed by atoms with Gasteiger partial charge in [-0.05, 0) is 51.2 Å². The summed E-state index contributed by atoms with van der Waals surface area (Å²) in [7, 11) is 3.30. The van der Waals surface area contributed by atoms with E-state index in [0.29, 0.717) is 11.2 Å². The minimum absolute atomic E-state index is 0.0313. The Morgan fingerprint density at radius 2 is 1.79 bits per heavy atom. The third-order valence-corrected chi connectivity index (χ3v) is 2.91. The second-order valence-corrected chi connectivity index (χ2v) is 5.01. The van der Waals surface area contributed by atoms with E-state index in [2.05, 4.69) is 10.6 Å². The number of nitrogens with one attached hydrogen (secondary N) is 2. The van der Waals surface area contributed by atoms with Crippen molar-refractivity contribution in [3.8, 4) is 11.5 Å². The van der Waals surface area contributed by atoms with E-state index < -0.39 is 0 Å². The van der Waals surface area contributed by atoms with E-state index >= 15 is 0 Å².